The zero-order chi connectivity index (χ0) is 12.3. The van der Waals surface area contributed by atoms with Crippen molar-refractivity contribution < 1.29 is 9.53 Å². The second kappa shape index (κ2) is 4.76. The van der Waals surface area contributed by atoms with E-state index in [1.165, 1.54) is 12.4 Å². The van der Waals surface area contributed by atoms with E-state index >= 15 is 0 Å². The van der Waals surface area contributed by atoms with Crippen LogP contribution >= 0.6 is 11.6 Å². The Balaban J connectivity index is 2.78. The molecule has 88 valence electrons. The van der Waals surface area contributed by atoms with Crippen LogP contribution in [0.1, 0.15) is 32.5 Å². The number of rotatable bonds is 2. The minimum absolute atomic E-state index is 0.240. The van der Waals surface area contributed by atoms with E-state index in [-0.39, 0.29) is 5.15 Å². The highest BCUT2D eigenvalue weighted by Crippen LogP contribution is 2.16. The second-order valence-corrected chi connectivity index (χ2v) is 4.66. The summed E-state index contributed by atoms with van der Waals surface area (Å²) in [5.74, 6) is -0.540. The van der Waals surface area contributed by atoms with Crippen molar-refractivity contribution in [2.75, 3.05) is 0 Å². The average molecular weight is 244 g/mol. The summed E-state index contributed by atoms with van der Waals surface area (Å²) in [4.78, 5) is 19.2. The van der Waals surface area contributed by atoms with Crippen molar-refractivity contribution in [1.82, 2.24) is 9.97 Å². The highest BCUT2D eigenvalue weighted by Gasteiger charge is 2.24. The molecule has 0 saturated heterocycles. The number of aromatic nitrogens is 2. The molecule has 0 aromatic carbocycles. The molecule has 0 aliphatic rings. The molecule has 1 aromatic rings. The first-order valence-electron chi connectivity index (χ1n) is 4.75. The third kappa shape index (κ3) is 3.75. The van der Waals surface area contributed by atoms with Gasteiger partial charge in [-0.05, 0) is 26.8 Å². The number of nitrogens with zero attached hydrogens (tertiary/aromatic N) is 2. The molecule has 1 rings (SSSR count). The minimum atomic E-state index is -0.945. The van der Waals surface area contributed by atoms with Gasteiger partial charge in [0.15, 0.2) is 0 Å². The van der Waals surface area contributed by atoms with Gasteiger partial charge >= 0.3 is 5.97 Å². The van der Waals surface area contributed by atoms with Crippen LogP contribution in [-0.4, -0.2) is 21.5 Å². The normalized spacial score (nSPS) is 13.3. The molecule has 16 heavy (non-hydrogen) atoms. The first kappa shape index (κ1) is 12.9. The lowest BCUT2D eigenvalue weighted by molar-refractivity contribution is -0.156. The van der Waals surface area contributed by atoms with Gasteiger partial charge in [0, 0.05) is 0 Å². The maximum atomic E-state index is 11.6. The molecule has 0 radical (unpaired) electrons. The lowest BCUT2D eigenvalue weighted by atomic mass is 10.1. The predicted molar refractivity (Wildman–Crippen MR) is 59.8 cm³/mol. The first-order chi connectivity index (χ1) is 7.29. The third-order valence-corrected chi connectivity index (χ3v) is 1.84. The topological polar surface area (TPSA) is 78.1 Å². The molecule has 2 N–H and O–H groups in total. The Morgan fingerprint density at radius 2 is 2.12 bits per heavy atom. The summed E-state index contributed by atoms with van der Waals surface area (Å²) < 4.78 is 5.13. The van der Waals surface area contributed by atoms with Gasteiger partial charge in [-0.1, -0.05) is 11.6 Å². The van der Waals surface area contributed by atoms with Crippen molar-refractivity contribution in [2.24, 2.45) is 5.73 Å². The van der Waals surface area contributed by atoms with E-state index in [0.29, 0.717) is 5.69 Å². The molecular formula is C10H14ClN3O2. The zero-order valence-corrected chi connectivity index (χ0v) is 10.2. The summed E-state index contributed by atoms with van der Waals surface area (Å²) in [6, 6.07) is 0.496. The van der Waals surface area contributed by atoms with Gasteiger partial charge in [0.05, 0.1) is 5.69 Å². The van der Waals surface area contributed by atoms with E-state index in [1.54, 1.807) is 20.8 Å². The van der Waals surface area contributed by atoms with Crippen LogP contribution in [0.2, 0.25) is 5.15 Å². The summed E-state index contributed by atoms with van der Waals surface area (Å²) in [5.41, 5.74) is 5.46. The van der Waals surface area contributed by atoms with Crippen LogP contribution in [-0.2, 0) is 9.53 Å². The SMILES string of the molecule is CC(C)(C)OC(=O)[C@H](N)c1cc(Cl)ncn1. The Morgan fingerprint density at radius 3 is 2.62 bits per heavy atom. The maximum absolute atomic E-state index is 11.6. The number of carbonyl (C=O) groups is 1. The molecule has 0 fully saturated rings. The number of esters is 1. The smallest absolute Gasteiger partial charge is 0.329 e. The molecule has 1 heterocycles. The van der Waals surface area contributed by atoms with E-state index in [4.69, 9.17) is 22.1 Å². The van der Waals surface area contributed by atoms with Crippen LogP contribution in [0.25, 0.3) is 0 Å². The molecule has 0 aliphatic heterocycles. The number of halogens is 1. The fourth-order valence-electron chi connectivity index (χ4n) is 1.00. The summed E-state index contributed by atoms with van der Waals surface area (Å²) in [5, 5.41) is 0.240. The number of nitrogens with two attached hydrogens (primary N) is 1. The van der Waals surface area contributed by atoms with E-state index in [2.05, 4.69) is 9.97 Å². The Kier molecular flexibility index (Phi) is 3.83. The van der Waals surface area contributed by atoms with Crippen LogP contribution in [0.4, 0.5) is 0 Å². The van der Waals surface area contributed by atoms with Crippen molar-refractivity contribution in [2.45, 2.75) is 32.4 Å². The van der Waals surface area contributed by atoms with E-state index in [9.17, 15) is 4.79 Å². The quantitative estimate of drug-likeness (QED) is 0.629. The highest BCUT2D eigenvalue weighted by atomic mass is 35.5. The van der Waals surface area contributed by atoms with E-state index in [0.717, 1.165) is 0 Å². The standard InChI is InChI=1S/C10H14ClN3O2/c1-10(2,3)16-9(15)8(12)6-4-7(11)14-5-13-6/h4-5,8H,12H2,1-3H3/t8-/m1/s1. The van der Waals surface area contributed by atoms with Gasteiger partial charge in [0.2, 0.25) is 0 Å². The maximum Gasteiger partial charge on any atom is 0.329 e. The minimum Gasteiger partial charge on any atom is -0.459 e. The Hall–Kier alpha value is -1.20. The number of carbonyl (C=O) groups excluding carboxylic acids is 1. The van der Waals surface area contributed by atoms with Gasteiger partial charge < -0.3 is 10.5 Å². The van der Waals surface area contributed by atoms with Gasteiger partial charge in [0.25, 0.3) is 0 Å². The van der Waals surface area contributed by atoms with E-state index in [1.807, 2.05) is 0 Å². The Bertz CT molecular complexity index is 390. The van der Waals surface area contributed by atoms with Crippen molar-refractivity contribution in [1.29, 1.82) is 0 Å². The lowest BCUT2D eigenvalue weighted by Gasteiger charge is -2.21. The molecular weight excluding hydrogens is 230 g/mol. The van der Waals surface area contributed by atoms with E-state index < -0.39 is 17.6 Å². The lowest BCUT2D eigenvalue weighted by Crippen LogP contribution is -2.32. The number of ether oxygens (including phenoxy) is 1. The molecule has 6 heteroatoms. The monoisotopic (exact) mass is 243 g/mol. The van der Waals surface area contributed by atoms with Crippen molar-refractivity contribution in [3.8, 4) is 0 Å². The fraction of sp³-hybridized carbons (Fsp3) is 0.500. The molecule has 0 aliphatic carbocycles. The summed E-state index contributed by atoms with van der Waals surface area (Å²) in [6.45, 7) is 5.31. The van der Waals surface area contributed by atoms with Crippen LogP contribution in [0, 0.1) is 0 Å². The Labute approximate surface area is 99.0 Å². The summed E-state index contributed by atoms with van der Waals surface area (Å²) in [7, 11) is 0. The van der Waals surface area contributed by atoms with Gasteiger partial charge in [-0.15, -0.1) is 0 Å². The number of hydrogen-bond acceptors (Lipinski definition) is 5. The van der Waals surface area contributed by atoms with Gasteiger partial charge in [-0.3, -0.25) is 0 Å². The molecule has 0 spiro atoms. The molecule has 0 saturated carbocycles. The molecule has 0 amide bonds. The molecule has 5 nitrogen and oxygen atoms in total. The summed E-state index contributed by atoms with van der Waals surface area (Å²) >= 11 is 5.67. The fourth-order valence-corrected chi connectivity index (χ4v) is 1.16. The van der Waals surface area contributed by atoms with Crippen LogP contribution < -0.4 is 5.73 Å². The Morgan fingerprint density at radius 1 is 1.50 bits per heavy atom. The van der Waals surface area contributed by atoms with Crippen molar-refractivity contribution in [3.05, 3.63) is 23.2 Å². The molecule has 0 unspecified atom stereocenters. The first-order valence-corrected chi connectivity index (χ1v) is 5.13. The second-order valence-electron chi connectivity index (χ2n) is 4.28. The zero-order valence-electron chi connectivity index (χ0n) is 9.40. The van der Waals surface area contributed by atoms with Crippen molar-refractivity contribution in [3.63, 3.8) is 0 Å². The van der Waals surface area contributed by atoms with Gasteiger partial charge in [-0.25, -0.2) is 14.8 Å². The third-order valence-electron chi connectivity index (χ3n) is 1.63. The largest absolute Gasteiger partial charge is 0.459 e. The van der Waals surface area contributed by atoms with Gasteiger partial charge in [0.1, 0.15) is 23.1 Å². The van der Waals surface area contributed by atoms with Gasteiger partial charge in [-0.2, -0.15) is 0 Å². The average Bonchev–Trinajstić information content (AvgIpc) is 2.14. The predicted octanol–water partition coefficient (Wildman–Crippen LogP) is 1.47. The highest BCUT2D eigenvalue weighted by molar-refractivity contribution is 6.29. The molecule has 1 atom stereocenters. The van der Waals surface area contributed by atoms with Crippen LogP contribution in [0.5, 0.6) is 0 Å². The number of hydrogen-bond donors (Lipinski definition) is 1. The molecule has 0 bridgehead atoms. The van der Waals surface area contributed by atoms with Crippen LogP contribution in [0.15, 0.2) is 12.4 Å². The van der Waals surface area contributed by atoms with Crippen LogP contribution in [0.3, 0.4) is 0 Å². The van der Waals surface area contributed by atoms with Crippen molar-refractivity contribution >= 4 is 17.6 Å². The summed E-state index contributed by atoms with van der Waals surface area (Å²) in [6.07, 6.45) is 1.25. The molecule has 1 aromatic heterocycles.